The monoisotopic (exact) mass is 180 g/mol. The lowest BCUT2D eigenvalue weighted by Crippen LogP contribution is -2.41. The third-order valence-electron chi connectivity index (χ3n) is 3.43. The van der Waals surface area contributed by atoms with E-state index in [0.717, 1.165) is 0 Å². The van der Waals surface area contributed by atoms with E-state index in [1.54, 1.807) is 0 Å². The van der Waals surface area contributed by atoms with E-state index in [-0.39, 0.29) is 0 Å². The van der Waals surface area contributed by atoms with Crippen LogP contribution in [0.25, 0.3) is 0 Å². The van der Waals surface area contributed by atoms with Crippen LogP contribution in [0.5, 0.6) is 0 Å². The van der Waals surface area contributed by atoms with Crippen LogP contribution in [0.1, 0.15) is 46.5 Å². The van der Waals surface area contributed by atoms with Gasteiger partial charge in [0.2, 0.25) is 0 Å². The Morgan fingerprint density at radius 3 is 2.85 bits per heavy atom. The van der Waals surface area contributed by atoms with Crippen LogP contribution in [0.2, 0.25) is 0 Å². The van der Waals surface area contributed by atoms with Crippen LogP contribution in [0.4, 0.5) is 0 Å². The summed E-state index contributed by atoms with van der Waals surface area (Å²) in [5.41, 5.74) is 0.482. The van der Waals surface area contributed by atoms with Gasteiger partial charge in [-0.25, -0.2) is 0 Å². The normalized spacial score (nSPS) is 39.8. The Labute approximate surface area is 81.0 Å². The van der Waals surface area contributed by atoms with Crippen LogP contribution in [-0.2, 0) is 0 Å². The molecule has 0 bridgehead atoms. The molecule has 2 unspecified atom stereocenters. The topological polar surface area (TPSA) is 15.6 Å². The molecule has 2 nitrogen and oxygen atoms in total. The summed E-state index contributed by atoms with van der Waals surface area (Å²) in [7, 11) is 0. The van der Waals surface area contributed by atoms with Gasteiger partial charge >= 0.3 is 0 Å². The fourth-order valence-corrected chi connectivity index (χ4v) is 2.49. The van der Waals surface area contributed by atoms with E-state index >= 15 is 0 Å². The molecule has 1 aliphatic carbocycles. The predicted octanol–water partition coefficient (Wildman–Crippen LogP) is 2.44. The number of hydrogen-bond acceptors (Lipinski definition) is 2. The average Bonchev–Trinajstić information content (AvgIpc) is 2.75. The zero-order valence-corrected chi connectivity index (χ0v) is 9.01. The second kappa shape index (κ2) is 3.00. The van der Waals surface area contributed by atoms with E-state index in [9.17, 15) is 0 Å². The van der Waals surface area contributed by atoms with Crippen molar-refractivity contribution in [3.05, 3.63) is 0 Å². The first-order valence-electron chi connectivity index (χ1n) is 5.65. The minimum atomic E-state index is 0.482. The van der Waals surface area contributed by atoms with Crippen molar-refractivity contribution in [2.45, 2.75) is 58.0 Å². The van der Waals surface area contributed by atoms with Crippen LogP contribution in [0.15, 0.2) is 4.99 Å². The van der Waals surface area contributed by atoms with Crippen molar-refractivity contribution in [1.29, 1.82) is 0 Å². The predicted molar refractivity (Wildman–Crippen MR) is 56.2 cm³/mol. The highest BCUT2D eigenvalue weighted by molar-refractivity contribution is 5.87. The molecule has 0 aromatic heterocycles. The molecule has 0 aromatic carbocycles. The van der Waals surface area contributed by atoms with Crippen molar-refractivity contribution < 1.29 is 0 Å². The summed E-state index contributed by atoms with van der Waals surface area (Å²) in [6, 6.07) is 0.676. The molecule has 0 radical (unpaired) electrons. The van der Waals surface area contributed by atoms with Crippen LogP contribution >= 0.6 is 0 Å². The standard InChI is InChI=1S/C9H14N2.C2H6/c1-9-6-7(9)10-8-4-2-3-5-11(8)9;1-2/h7H,2-6H2,1H3;1-2H3. The Kier molecular flexibility index (Phi) is 2.09. The zero-order valence-electron chi connectivity index (χ0n) is 9.01. The molecule has 74 valence electrons. The SMILES string of the molecule is CC.CC12CC1N=C1CCCCN12. The van der Waals surface area contributed by atoms with Crippen molar-refractivity contribution in [1.82, 2.24) is 4.90 Å². The van der Waals surface area contributed by atoms with Gasteiger partial charge in [-0.2, -0.15) is 0 Å². The van der Waals surface area contributed by atoms with Crippen molar-refractivity contribution in [3.63, 3.8) is 0 Å². The minimum Gasteiger partial charge on any atom is -0.353 e. The van der Waals surface area contributed by atoms with Gasteiger partial charge in [-0.1, -0.05) is 13.8 Å². The van der Waals surface area contributed by atoms with Crippen LogP contribution < -0.4 is 0 Å². The van der Waals surface area contributed by atoms with Crippen LogP contribution in [0.3, 0.4) is 0 Å². The smallest absolute Gasteiger partial charge is 0.0998 e. The second-order valence-corrected chi connectivity index (χ2v) is 4.23. The molecule has 2 aliphatic heterocycles. The number of aliphatic imine (C=N–C) groups is 1. The molecule has 1 saturated carbocycles. The van der Waals surface area contributed by atoms with Crippen molar-refractivity contribution in [2.24, 2.45) is 4.99 Å². The highest BCUT2D eigenvalue weighted by Crippen LogP contribution is 2.50. The summed E-state index contributed by atoms with van der Waals surface area (Å²) in [5.74, 6) is 1.41. The molecule has 0 N–H and O–H groups in total. The minimum absolute atomic E-state index is 0.482. The van der Waals surface area contributed by atoms with Crippen molar-refractivity contribution >= 4 is 5.84 Å². The molecule has 0 spiro atoms. The third kappa shape index (κ3) is 1.18. The number of nitrogens with zero attached hydrogens (tertiary/aromatic N) is 2. The summed E-state index contributed by atoms with van der Waals surface area (Å²) in [4.78, 5) is 7.26. The zero-order chi connectivity index (χ0) is 9.47. The first-order chi connectivity index (χ1) is 6.31. The molecule has 0 aromatic rings. The Balaban J connectivity index is 0.000000308. The lowest BCUT2D eigenvalue weighted by Gasteiger charge is -2.32. The van der Waals surface area contributed by atoms with Crippen LogP contribution in [0, 0.1) is 0 Å². The van der Waals surface area contributed by atoms with Crippen LogP contribution in [-0.4, -0.2) is 28.9 Å². The molecule has 2 atom stereocenters. The van der Waals surface area contributed by atoms with E-state index in [2.05, 4.69) is 11.8 Å². The summed E-state index contributed by atoms with van der Waals surface area (Å²) in [6.07, 6.45) is 5.29. The molecular weight excluding hydrogens is 160 g/mol. The second-order valence-electron chi connectivity index (χ2n) is 4.23. The lowest BCUT2D eigenvalue weighted by atomic mass is 10.1. The number of amidine groups is 1. The quantitative estimate of drug-likeness (QED) is 0.559. The highest BCUT2D eigenvalue weighted by Gasteiger charge is 2.59. The van der Waals surface area contributed by atoms with E-state index < -0.39 is 0 Å². The van der Waals surface area contributed by atoms with Gasteiger partial charge < -0.3 is 4.90 Å². The highest BCUT2D eigenvalue weighted by atomic mass is 15.4. The molecular formula is C11H20N2. The van der Waals surface area contributed by atoms with E-state index in [4.69, 9.17) is 4.99 Å². The van der Waals surface area contributed by atoms with Crippen molar-refractivity contribution in [3.8, 4) is 0 Å². The van der Waals surface area contributed by atoms with Gasteiger partial charge in [0.25, 0.3) is 0 Å². The number of hydrogen-bond donors (Lipinski definition) is 0. The first-order valence-corrected chi connectivity index (χ1v) is 5.65. The maximum atomic E-state index is 4.70. The molecule has 2 fully saturated rings. The van der Waals surface area contributed by atoms with E-state index in [1.165, 1.54) is 38.1 Å². The number of piperidine rings is 1. The number of rotatable bonds is 0. The van der Waals surface area contributed by atoms with Gasteiger partial charge in [-0.3, -0.25) is 4.99 Å². The van der Waals surface area contributed by atoms with E-state index in [0.29, 0.717) is 11.6 Å². The van der Waals surface area contributed by atoms with Gasteiger partial charge in [0, 0.05) is 13.0 Å². The van der Waals surface area contributed by atoms with Gasteiger partial charge in [-0.05, 0) is 26.2 Å². The Hall–Kier alpha value is -0.530. The number of fused-ring (bicyclic) bond motifs is 3. The van der Waals surface area contributed by atoms with E-state index in [1.807, 2.05) is 13.8 Å². The summed E-state index contributed by atoms with van der Waals surface area (Å²) >= 11 is 0. The maximum Gasteiger partial charge on any atom is 0.0998 e. The third-order valence-corrected chi connectivity index (χ3v) is 3.43. The Morgan fingerprint density at radius 1 is 1.38 bits per heavy atom. The summed E-state index contributed by atoms with van der Waals surface area (Å²) in [6.45, 7) is 7.63. The van der Waals surface area contributed by atoms with Gasteiger partial charge in [0.15, 0.2) is 0 Å². The molecule has 3 rings (SSSR count). The first kappa shape index (κ1) is 9.04. The molecule has 0 amide bonds. The molecule has 2 heteroatoms. The van der Waals surface area contributed by atoms with Gasteiger partial charge in [0.05, 0.1) is 17.4 Å². The van der Waals surface area contributed by atoms with Crippen molar-refractivity contribution in [2.75, 3.05) is 6.54 Å². The van der Waals surface area contributed by atoms with Gasteiger partial charge in [-0.15, -0.1) is 0 Å². The molecule has 13 heavy (non-hydrogen) atoms. The van der Waals surface area contributed by atoms with Gasteiger partial charge in [0.1, 0.15) is 0 Å². The average molecular weight is 180 g/mol. The molecule has 3 aliphatic rings. The fourth-order valence-electron chi connectivity index (χ4n) is 2.49. The largest absolute Gasteiger partial charge is 0.353 e. The summed E-state index contributed by atoms with van der Waals surface area (Å²) < 4.78 is 0. The fraction of sp³-hybridized carbons (Fsp3) is 0.909. The lowest BCUT2D eigenvalue weighted by molar-refractivity contribution is 0.292. The molecule has 1 saturated heterocycles. The Morgan fingerprint density at radius 2 is 2.15 bits per heavy atom. The molecule has 2 heterocycles. The maximum absolute atomic E-state index is 4.70. The summed E-state index contributed by atoms with van der Waals surface area (Å²) in [5, 5.41) is 0. The Bertz CT molecular complexity index is 234.